The standard InChI is InChI=1S/C15H18N4O/c1-10(2)16-8-12-15(20-9-17-12)14-11-6-4-5-7-13(11)19(3)18-14/h4-7,9-10,16H,8H2,1-3H3. The molecule has 0 radical (unpaired) electrons. The zero-order valence-corrected chi connectivity index (χ0v) is 11.9. The second-order valence-electron chi connectivity index (χ2n) is 5.15. The van der Waals surface area contributed by atoms with E-state index in [-0.39, 0.29) is 0 Å². The van der Waals surface area contributed by atoms with E-state index in [1.807, 2.05) is 29.9 Å². The molecule has 5 heteroatoms. The van der Waals surface area contributed by atoms with Gasteiger partial charge in [-0.1, -0.05) is 32.0 Å². The first-order valence-corrected chi connectivity index (χ1v) is 6.74. The van der Waals surface area contributed by atoms with Crippen LogP contribution in [0.2, 0.25) is 0 Å². The maximum Gasteiger partial charge on any atom is 0.181 e. The number of hydrogen-bond donors (Lipinski definition) is 1. The van der Waals surface area contributed by atoms with E-state index in [2.05, 4.69) is 35.3 Å². The summed E-state index contributed by atoms with van der Waals surface area (Å²) < 4.78 is 7.45. The van der Waals surface area contributed by atoms with Crippen LogP contribution >= 0.6 is 0 Å². The predicted octanol–water partition coefficient (Wildman–Crippen LogP) is 2.73. The van der Waals surface area contributed by atoms with Crippen LogP contribution in [0.3, 0.4) is 0 Å². The van der Waals surface area contributed by atoms with E-state index in [0.29, 0.717) is 12.6 Å². The largest absolute Gasteiger partial charge is 0.441 e. The van der Waals surface area contributed by atoms with Gasteiger partial charge in [0.2, 0.25) is 0 Å². The molecule has 0 bridgehead atoms. The van der Waals surface area contributed by atoms with Crippen LogP contribution in [0.4, 0.5) is 0 Å². The van der Waals surface area contributed by atoms with Crippen molar-refractivity contribution in [1.82, 2.24) is 20.1 Å². The molecule has 0 spiro atoms. The number of aryl methyl sites for hydroxylation is 1. The number of aromatic nitrogens is 3. The molecule has 2 heterocycles. The minimum absolute atomic E-state index is 0.403. The highest BCUT2D eigenvalue weighted by molar-refractivity contribution is 5.92. The van der Waals surface area contributed by atoms with Crippen molar-refractivity contribution in [2.24, 2.45) is 7.05 Å². The number of oxazole rings is 1. The summed E-state index contributed by atoms with van der Waals surface area (Å²) in [5.41, 5.74) is 2.82. The first-order chi connectivity index (χ1) is 9.66. The van der Waals surface area contributed by atoms with Gasteiger partial charge in [-0.3, -0.25) is 4.68 Å². The summed E-state index contributed by atoms with van der Waals surface area (Å²) in [6.45, 7) is 4.89. The Hall–Kier alpha value is -2.14. The molecule has 5 nitrogen and oxygen atoms in total. The smallest absolute Gasteiger partial charge is 0.181 e. The highest BCUT2D eigenvalue weighted by Gasteiger charge is 2.17. The van der Waals surface area contributed by atoms with Crippen molar-refractivity contribution < 1.29 is 4.42 Å². The highest BCUT2D eigenvalue weighted by atomic mass is 16.3. The topological polar surface area (TPSA) is 55.9 Å². The number of nitrogens with zero attached hydrogens (tertiary/aromatic N) is 3. The van der Waals surface area contributed by atoms with Gasteiger partial charge in [0.1, 0.15) is 11.4 Å². The molecular weight excluding hydrogens is 252 g/mol. The molecule has 0 aliphatic heterocycles. The number of fused-ring (bicyclic) bond motifs is 1. The molecule has 0 saturated carbocycles. The Labute approximate surface area is 117 Å². The highest BCUT2D eigenvalue weighted by Crippen LogP contribution is 2.29. The lowest BCUT2D eigenvalue weighted by Gasteiger charge is -2.06. The predicted molar refractivity (Wildman–Crippen MR) is 78.2 cm³/mol. The van der Waals surface area contributed by atoms with E-state index in [0.717, 1.165) is 28.1 Å². The quantitative estimate of drug-likeness (QED) is 0.792. The number of benzene rings is 1. The van der Waals surface area contributed by atoms with Crippen LogP contribution in [0.5, 0.6) is 0 Å². The van der Waals surface area contributed by atoms with E-state index < -0.39 is 0 Å². The second kappa shape index (κ2) is 5.09. The molecule has 0 amide bonds. The van der Waals surface area contributed by atoms with Gasteiger partial charge in [-0.25, -0.2) is 4.98 Å². The van der Waals surface area contributed by atoms with E-state index in [4.69, 9.17) is 4.42 Å². The van der Waals surface area contributed by atoms with Crippen LogP contribution in [0, 0.1) is 0 Å². The third-order valence-electron chi connectivity index (χ3n) is 3.29. The van der Waals surface area contributed by atoms with Crippen molar-refractivity contribution in [2.75, 3.05) is 0 Å². The van der Waals surface area contributed by atoms with Gasteiger partial charge < -0.3 is 9.73 Å². The van der Waals surface area contributed by atoms with Crippen LogP contribution in [-0.2, 0) is 13.6 Å². The van der Waals surface area contributed by atoms with E-state index >= 15 is 0 Å². The van der Waals surface area contributed by atoms with Gasteiger partial charge in [0.15, 0.2) is 12.2 Å². The normalized spacial score (nSPS) is 11.6. The van der Waals surface area contributed by atoms with Crippen LogP contribution in [0.1, 0.15) is 19.5 Å². The van der Waals surface area contributed by atoms with Gasteiger partial charge in [-0.2, -0.15) is 5.10 Å². The SMILES string of the molecule is CC(C)NCc1ncoc1-c1nn(C)c2ccccc12. The van der Waals surface area contributed by atoms with Gasteiger partial charge in [0.25, 0.3) is 0 Å². The summed E-state index contributed by atoms with van der Waals surface area (Å²) in [7, 11) is 1.94. The third-order valence-corrected chi connectivity index (χ3v) is 3.29. The number of para-hydroxylation sites is 1. The van der Waals surface area contributed by atoms with Crippen LogP contribution in [0.15, 0.2) is 35.1 Å². The molecular formula is C15H18N4O. The van der Waals surface area contributed by atoms with Gasteiger partial charge in [0, 0.05) is 25.0 Å². The van der Waals surface area contributed by atoms with Crippen molar-refractivity contribution in [1.29, 1.82) is 0 Å². The molecule has 3 aromatic rings. The van der Waals surface area contributed by atoms with Gasteiger partial charge >= 0.3 is 0 Å². The molecule has 0 saturated heterocycles. The zero-order chi connectivity index (χ0) is 14.1. The minimum Gasteiger partial charge on any atom is -0.441 e. The van der Waals surface area contributed by atoms with E-state index in [1.165, 1.54) is 6.39 Å². The Morgan fingerprint density at radius 1 is 1.30 bits per heavy atom. The van der Waals surface area contributed by atoms with E-state index in [1.54, 1.807) is 0 Å². The van der Waals surface area contributed by atoms with Crippen molar-refractivity contribution in [2.45, 2.75) is 26.4 Å². The molecule has 0 aliphatic carbocycles. The Balaban J connectivity index is 2.06. The van der Waals surface area contributed by atoms with Crippen molar-refractivity contribution in [3.63, 3.8) is 0 Å². The number of rotatable bonds is 4. The summed E-state index contributed by atoms with van der Waals surface area (Å²) in [6.07, 6.45) is 1.48. The molecule has 0 fully saturated rings. The monoisotopic (exact) mass is 270 g/mol. The van der Waals surface area contributed by atoms with E-state index in [9.17, 15) is 0 Å². The van der Waals surface area contributed by atoms with Crippen LogP contribution in [0.25, 0.3) is 22.4 Å². The van der Waals surface area contributed by atoms with Crippen molar-refractivity contribution >= 4 is 10.9 Å². The van der Waals surface area contributed by atoms with Crippen LogP contribution < -0.4 is 5.32 Å². The molecule has 3 rings (SSSR count). The number of hydrogen-bond acceptors (Lipinski definition) is 4. The zero-order valence-electron chi connectivity index (χ0n) is 11.9. The van der Waals surface area contributed by atoms with Crippen LogP contribution in [-0.4, -0.2) is 20.8 Å². The Morgan fingerprint density at radius 2 is 2.10 bits per heavy atom. The maximum absolute atomic E-state index is 5.58. The molecule has 1 N–H and O–H groups in total. The molecule has 2 aromatic heterocycles. The summed E-state index contributed by atoms with van der Waals surface area (Å²) >= 11 is 0. The molecule has 0 atom stereocenters. The lowest BCUT2D eigenvalue weighted by Crippen LogP contribution is -2.22. The fourth-order valence-corrected chi connectivity index (χ4v) is 2.27. The molecule has 0 unspecified atom stereocenters. The van der Waals surface area contributed by atoms with Gasteiger partial charge in [-0.05, 0) is 6.07 Å². The summed E-state index contributed by atoms with van der Waals surface area (Å²) in [5, 5.41) is 9.01. The summed E-state index contributed by atoms with van der Waals surface area (Å²) in [5.74, 6) is 0.745. The average Bonchev–Trinajstić information content (AvgIpc) is 3.01. The fourth-order valence-electron chi connectivity index (χ4n) is 2.27. The third kappa shape index (κ3) is 2.20. The maximum atomic E-state index is 5.58. The minimum atomic E-state index is 0.403. The summed E-state index contributed by atoms with van der Waals surface area (Å²) in [6, 6.07) is 8.53. The van der Waals surface area contributed by atoms with Crippen molar-refractivity contribution in [3.05, 3.63) is 36.4 Å². The fraction of sp³-hybridized carbons (Fsp3) is 0.333. The number of nitrogens with one attached hydrogen (secondary N) is 1. The molecule has 104 valence electrons. The Morgan fingerprint density at radius 3 is 2.90 bits per heavy atom. The van der Waals surface area contributed by atoms with Gasteiger partial charge in [-0.15, -0.1) is 0 Å². The first kappa shape index (κ1) is 12.9. The summed E-state index contributed by atoms with van der Waals surface area (Å²) in [4.78, 5) is 4.30. The Kier molecular flexibility index (Phi) is 3.28. The second-order valence-corrected chi connectivity index (χ2v) is 5.15. The van der Waals surface area contributed by atoms with Gasteiger partial charge in [0.05, 0.1) is 5.52 Å². The molecule has 0 aliphatic rings. The van der Waals surface area contributed by atoms with Crippen molar-refractivity contribution in [3.8, 4) is 11.5 Å². The first-order valence-electron chi connectivity index (χ1n) is 6.74. The average molecular weight is 270 g/mol. The molecule has 1 aromatic carbocycles. The lowest BCUT2D eigenvalue weighted by molar-refractivity contribution is 0.560. The molecule has 20 heavy (non-hydrogen) atoms. The Bertz CT molecular complexity index is 726. The lowest BCUT2D eigenvalue weighted by atomic mass is 10.1.